The summed E-state index contributed by atoms with van der Waals surface area (Å²) in [4.78, 5) is 13.3. The second-order valence-corrected chi connectivity index (χ2v) is 7.96. The van der Waals surface area contributed by atoms with Gasteiger partial charge < -0.3 is 5.32 Å². The lowest BCUT2D eigenvalue weighted by molar-refractivity contribution is -0.124. The van der Waals surface area contributed by atoms with Crippen LogP contribution >= 0.6 is 11.3 Å². The molecule has 0 saturated carbocycles. The van der Waals surface area contributed by atoms with E-state index >= 15 is 0 Å². The Morgan fingerprint density at radius 2 is 2.35 bits per heavy atom. The van der Waals surface area contributed by atoms with Crippen molar-refractivity contribution in [2.45, 2.75) is 38.8 Å². The molecule has 1 aliphatic rings. The fourth-order valence-electron chi connectivity index (χ4n) is 2.42. The van der Waals surface area contributed by atoms with Gasteiger partial charge in [-0.2, -0.15) is 4.31 Å². The van der Waals surface area contributed by atoms with Crippen LogP contribution in [0.25, 0.3) is 0 Å². The molecule has 1 aromatic rings. The zero-order valence-corrected chi connectivity index (χ0v) is 13.2. The smallest absolute Gasteiger partial charge is 0.238 e. The Morgan fingerprint density at radius 3 is 3.00 bits per heavy atom. The van der Waals surface area contributed by atoms with Gasteiger partial charge in [0.2, 0.25) is 15.9 Å². The first-order chi connectivity index (χ1) is 9.54. The van der Waals surface area contributed by atoms with Crippen molar-refractivity contribution in [3.05, 3.63) is 22.4 Å². The molecule has 0 aliphatic carbocycles. The summed E-state index contributed by atoms with van der Waals surface area (Å²) in [5.41, 5.74) is 0. The van der Waals surface area contributed by atoms with Crippen LogP contribution in [-0.2, 0) is 21.4 Å². The largest absolute Gasteiger partial charge is 0.350 e. The highest BCUT2D eigenvalue weighted by Crippen LogP contribution is 2.22. The van der Waals surface area contributed by atoms with E-state index in [0.717, 1.165) is 11.3 Å². The van der Waals surface area contributed by atoms with Crippen LogP contribution < -0.4 is 5.32 Å². The topological polar surface area (TPSA) is 66.5 Å². The minimum absolute atomic E-state index is 0.113. The lowest BCUT2D eigenvalue weighted by Crippen LogP contribution is -2.46. The standard InChI is InChI=1S/C13H20N2O3S2/c1-2-9-20(17,18)15-7-3-6-12(15)13(16)14-10-11-5-4-8-19-11/h4-5,8,12H,2-3,6-7,9-10H2,1H3,(H,14,16). The van der Waals surface area contributed by atoms with Gasteiger partial charge in [-0.25, -0.2) is 8.42 Å². The van der Waals surface area contributed by atoms with Crippen molar-refractivity contribution in [3.8, 4) is 0 Å². The molecule has 0 radical (unpaired) electrons. The highest BCUT2D eigenvalue weighted by Gasteiger charge is 2.37. The number of hydrogen-bond acceptors (Lipinski definition) is 4. The van der Waals surface area contributed by atoms with Crippen LogP contribution in [-0.4, -0.2) is 37.0 Å². The van der Waals surface area contributed by atoms with E-state index in [1.165, 1.54) is 4.31 Å². The second-order valence-electron chi connectivity index (χ2n) is 4.88. The molecular formula is C13H20N2O3S2. The summed E-state index contributed by atoms with van der Waals surface area (Å²) in [5.74, 6) is -0.0718. The van der Waals surface area contributed by atoms with E-state index in [9.17, 15) is 13.2 Å². The molecule has 2 heterocycles. The monoisotopic (exact) mass is 316 g/mol. The molecule has 1 N–H and O–H groups in total. The predicted octanol–water partition coefficient (Wildman–Crippen LogP) is 1.57. The van der Waals surface area contributed by atoms with E-state index in [1.54, 1.807) is 11.3 Å². The highest BCUT2D eigenvalue weighted by molar-refractivity contribution is 7.89. The molecule has 2 rings (SSSR count). The zero-order valence-electron chi connectivity index (χ0n) is 11.5. The predicted molar refractivity (Wildman–Crippen MR) is 80.0 cm³/mol. The van der Waals surface area contributed by atoms with E-state index in [2.05, 4.69) is 5.32 Å². The van der Waals surface area contributed by atoms with E-state index < -0.39 is 16.1 Å². The fourth-order valence-corrected chi connectivity index (χ4v) is 4.81. The zero-order chi connectivity index (χ0) is 14.6. The second kappa shape index (κ2) is 6.69. The van der Waals surface area contributed by atoms with Gasteiger partial charge in [0.15, 0.2) is 0 Å². The van der Waals surface area contributed by atoms with Crippen molar-refractivity contribution >= 4 is 27.3 Å². The number of thiophene rings is 1. The maximum absolute atomic E-state index is 12.2. The molecule has 7 heteroatoms. The van der Waals surface area contributed by atoms with Crippen molar-refractivity contribution < 1.29 is 13.2 Å². The molecule has 20 heavy (non-hydrogen) atoms. The summed E-state index contributed by atoms with van der Waals surface area (Å²) >= 11 is 1.58. The van der Waals surface area contributed by atoms with E-state index in [4.69, 9.17) is 0 Å². The molecule has 0 spiro atoms. The first-order valence-corrected chi connectivity index (χ1v) is 9.33. The summed E-state index contributed by atoms with van der Waals surface area (Å²) in [6, 6.07) is 3.34. The number of carbonyl (C=O) groups excluding carboxylic acids is 1. The van der Waals surface area contributed by atoms with Gasteiger partial charge >= 0.3 is 0 Å². The van der Waals surface area contributed by atoms with E-state index in [1.807, 2.05) is 24.4 Å². The van der Waals surface area contributed by atoms with Crippen LogP contribution in [0.3, 0.4) is 0 Å². The Bertz CT molecular complexity index is 540. The first kappa shape index (κ1) is 15.5. The number of nitrogens with zero attached hydrogens (tertiary/aromatic N) is 1. The quantitative estimate of drug-likeness (QED) is 0.866. The average Bonchev–Trinajstić information content (AvgIpc) is 3.07. The number of hydrogen-bond donors (Lipinski definition) is 1. The summed E-state index contributed by atoms with van der Waals surface area (Å²) < 4.78 is 25.6. The van der Waals surface area contributed by atoms with Crippen LogP contribution in [0.4, 0.5) is 0 Å². The molecule has 1 aliphatic heterocycles. The Hall–Kier alpha value is -0.920. The third-order valence-electron chi connectivity index (χ3n) is 3.34. The van der Waals surface area contributed by atoms with Crippen LogP contribution in [0.1, 0.15) is 31.1 Å². The lowest BCUT2D eigenvalue weighted by Gasteiger charge is -2.23. The van der Waals surface area contributed by atoms with Gasteiger partial charge in [-0.1, -0.05) is 13.0 Å². The Balaban J connectivity index is 1.98. The van der Waals surface area contributed by atoms with Crippen molar-refractivity contribution in [3.63, 3.8) is 0 Å². The van der Waals surface area contributed by atoms with Gasteiger partial charge in [0, 0.05) is 11.4 Å². The number of rotatable bonds is 6. The molecule has 0 aromatic carbocycles. The van der Waals surface area contributed by atoms with Crippen molar-refractivity contribution in [2.75, 3.05) is 12.3 Å². The van der Waals surface area contributed by atoms with E-state index in [0.29, 0.717) is 25.9 Å². The fraction of sp³-hybridized carbons (Fsp3) is 0.615. The minimum atomic E-state index is -3.30. The number of carbonyl (C=O) groups is 1. The molecule has 1 unspecified atom stereocenters. The molecular weight excluding hydrogens is 296 g/mol. The van der Waals surface area contributed by atoms with Gasteiger partial charge in [0.1, 0.15) is 6.04 Å². The SMILES string of the molecule is CCCS(=O)(=O)N1CCCC1C(=O)NCc1cccs1. The number of nitrogens with one attached hydrogen (secondary N) is 1. The summed E-state index contributed by atoms with van der Waals surface area (Å²) in [6.45, 7) is 2.76. The molecule has 1 saturated heterocycles. The first-order valence-electron chi connectivity index (χ1n) is 6.84. The lowest BCUT2D eigenvalue weighted by atomic mass is 10.2. The Labute approximate surface area is 124 Å². The summed E-state index contributed by atoms with van der Waals surface area (Å²) in [5, 5.41) is 4.79. The normalized spacial score (nSPS) is 20.1. The van der Waals surface area contributed by atoms with Crippen molar-refractivity contribution in [1.82, 2.24) is 9.62 Å². The van der Waals surface area contributed by atoms with Crippen LogP contribution in [0.5, 0.6) is 0 Å². The van der Waals surface area contributed by atoms with Gasteiger partial charge in [0.05, 0.1) is 12.3 Å². The van der Waals surface area contributed by atoms with Gasteiger partial charge in [-0.05, 0) is 30.7 Å². The van der Waals surface area contributed by atoms with Crippen LogP contribution in [0.2, 0.25) is 0 Å². The molecule has 1 aromatic heterocycles. The van der Waals surface area contributed by atoms with Crippen LogP contribution in [0, 0.1) is 0 Å². The molecule has 1 amide bonds. The average molecular weight is 316 g/mol. The Kier molecular flexibility index (Phi) is 5.17. The van der Waals surface area contributed by atoms with Crippen LogP contribution in [0.15, 0.2) is 17.5 Å². The van der Waals surface area contributed by atoms with Crippen molar-refractivity contribution in [1.29, 1.82) is 0 Å². The number of sulfonamides is 1. The van der Waals surface area contributed by atoms with Gasteiger partial charge in [-0.3, -0.25) is 4.79 Å². The van der Waals surface area contributed by atoms with Gasteiger partial charge in [0.25, 0.3) is 0 Å². The van der Waals surface area contributed by atoms with Crippen molar-refractivity contribution in [2.24, 2.45) is 0 Å². The molecule has 1 fully saturated rings. The number of amides is 1. The third kappa shape index (κ3) is 3.59. The highest BCUT2D eigenvalue weighted by atomic mass is 32.2. The Morgan fingerprint density at radius 1 is 1.55 bits per heavy atom. The molecule has 112 valence electrons. The van der Waals surface area contributed by atoms with E-state index in [-0.39, 0.29) is 11.7 Å². The molecule has 5 nitrogen and oxygen atoms in total. The maximum atomic E-state index is 12.2. The molecule has 1 atom stereocenters. The molecule has 0 bridgehead atoms. The summed E-state index contributed by atoms with van der Waals surface area (Å²) in [7, 11) is -3.30. The minimum Gasteiger partial charge on any atom is -0.350 e. The van der Waals surface area contributed by atoms with Gasteiger partial charge in [-0.15, -0.1) is 11.3 Å². The maximum Gasteiger partial charge on any atom is 0.238 e. The third-order valence-corrected chi connectivity index (χ3v) is 6.29. The summed E-state index contributed by atoms with van der Waals surface area (Å²) in [6.07, 6.45) is 1.93.